The molecule has 1 saturated carbocycles. The number of hydrogen-bond donors (Lipinski definition) is 0. The number of hydrogen-bond acceptors (Lipinski definition) is 2. The Balaban J connectivity index is 2.28. The van der Waals surface area contributed by atoms with E-state index in [1.165, 1.54) is 0 Å². The maximum atomic E-state index is 11.6. The number of rotatable bonds is 1. The topological polar surface area (TPSA) is 34.1 Å². The van der Waals surface area contributed by atoms with E-state index in [-0.39, 0.29) is 29.8 Å². The summed E-state index contributed by atoms with van der Waals surface area (Å²) >= 11 is 0. The van der Waals surface area contributed by atoms with Crippen molar-refractivity contribution in [2.75, 3.05) is 0 Å². The molecule has 0 spiro atoms. The van der Waals surface area contributed by atoms with Gasteiger partial charge in [0.25, 0.3) is 0 Å². The molecule has 0 heterocycles. The average molecular weight is 202 g/mol. The van der Waals surface area contributed by atoms with Gasteiger partial charge in [0.2, 0.25) is 0 Å². The summed E-state index contributed by atoms with van der Waals surface area (Å²) in [4.78, 5) is 22.9. The number of ketones is 2. The van der Waals surface area contributed by atoms with E-state index in [4.69, 9.17) is 0 Å². The molecule has 1 aliphatic carbocycles. The second kappa shape index (κ2) is 3.97. The zero-order valence-corrected chi connectivity index (χ0v) is 8.77. The third kappa shape index (κ3) is 1.99. The molecule has 78 valence electrons. The van der Waals surface area contributed by atoms with Crippen LogP contribution in [0.25, 0.3) is 0 Å². The standard InChI is InChI=1S/C13H14O2/c1-9-12(7-11(14)8-13(9)15)10-5-3-2-4-6-10/h2-6,9,12H,7-8H2,1H3. The van der Waals surface area contributed by atoms with E-state index in [1.807, 2.05) is 37.3 Å². The average Bonchev–Trinajstić information content (AvgIpc) is 2.24. The summed E-state index contributed by atoms with van der Waals surface area (Å²) in [5.74, 6) is 0.220. The summed E-state index contributed by atoms with van der Waals surface area (Å²) in [5.41, 5.74) is 1.10. The Kier molecular flexibility index (Phi) is 2.67. The van der Waals surface area contributed by atoms with Gasteiger partial charge in [-0.05, 0) is 5.56 Å². The van der Waals surface area contributed by atoms with Crippen LogP contribution in [0.3, 0.4) is 0 Å². The molecule has 0 saturated heterocycles. The lowest BCUT2D eigenvalue weighted by molar-refractivity contribution is -0.133. The molecule has 1 aromatic rings. The van der Waals surface area contributed by atoms with Gasteiger partial charge in [0.05, 0.1) is 6.42 Å². The van der Waals surface area contributed by atoms with Gasteiger partial charge in [-0.15, -0.1) is 0 Å². The molecular formula is C13H14O2. The summed E-state index contributed by atoms with van der Waals surface area (Å²) < 4.78 is 0. The van der Waals surface area contributed by atoms with Crippen molar-refractivity contribution in [3.05, 3.63) is 35.9 Å². The minimum Gasteiger partial charge on any atom is -0.299 e. The first-order chi connectivity index (χ1) is 7.18. The van der Waals surface area contributed by atoms with Gasteiger partial charge in [0, 0.05) is 18.3 Å². The first kappa shape index (κ1) is 10.1. The van der Waals surface area contributed by atoms with Crippen molar-refractivity contribution in [1.29, 1.82) is 0 Å². The molecule has 0 aliphatic heterocycles. The molecule has 2 rings (SSSR count). The Morgan fingerprint density at radius 1 is 1.13 bits per heavy atom. The van der Waals surface area contributed by atoms with Gasteiger partial charge >= 0.3 is 0 Å². The second-order valence-corrected chi connectivity index (χ2v) is 4.19. The molecule has 0 aromatic heterocycles. The van der Waals surface area contributed by atoms with Crippen molar-refractivity contribution in [2.45, 2.75) is 25.7 Å². The van der Waals surface area contributed by atoms with Crippen LogP contribution in [-0.4, -0.2) is 11.6 Å². The molecule has 2 heteroatoms. The van der Waals surface area contributed by atoms with E-state index in [9.17, 15) is 9.59 Å². The number of carbonyl (C=O) groups is 2. The van der Waals surface area contributed by atoms with E-state index in [0.717, 1.165) is 5.56 Å². The lowest BCUT2D eigenvalue weighted by Crippen LogP contribution is -2.29. The Bertz CT molecular complexity index is 381. The lowest BCUT2D eigenvalue weighted by atomic mass is 9.75. The number of carbonyl (C=O) groups excluding carboxylic acids is 2. The molecule has 0 amide bonds. The van der Waals surface area contributed by atoms with Gasteiger partial charge in [0.1, 0.15) is 11.6 Å². The molecule has 1 aliphatic rings. The minimum atomic E-state index is -0.0231. The van der Waals surface area contributed by atoms with E-state index < -0.39 is 0 Å². The van der Waals surface area contributed by atoms with E-state index in [2.05, 4.69) is 0 Å². The highest BCUT2D eigenvalue weighted by molar-refractivity contribution is 6.03. The van der Waals surface area contributed by atoms with Gasteiger partial charge in [-0.2, -0.15) is 0 Å². The molecular weight excluding hydrogens is 188 g/mol. The van der Waals surface area contributed by atoms with Crippen LogP contribution in [0, 0.1) is 5.92 Å². The summed E-state index contributed by atoms with van der Waals surface area (Å²) in [5, 5.41) is 0. The molecule has 1 fully saturated rings. The molecule has 2 nitrogen and oxygen atoms in total. The van der Waals surface area contributed by atoms with Crippen molar-refractivity contribution < 1.29 is 9.59 Å². The van der Waals surface area contributed by atoms with Gasteiger partial charge < -0.3 is 0 Å². The summed E-state index contributed by atoms with van der Waals surface area (Å²) in [6, 6.07) is 9.83. The second-order valence-electron chi connectivity index (χ2n) is 4.19. The molecule has 15 heavy (non-hydrogen) atoms. The third-order valence-electron chi connectivity index (χ3n) is 3.16. The third-order valence-corrected chi connectivity index (χ3v) is 3.16. The predicted octanol–water partition coefficient (Wildman–Crippen LogP) is 2.34. The maximum Gasteiger partial charge on any atom is 0.143 e. The van der Waals surface area contributed by atoms with Gasteiger partial charge in [0.15, 0.2) is 0 Å². The van der Waals surface area contributed by atoms with Crippen LogP contribution in [0.1, 0.15) is 31.2 Å². The van der Waals surface area contributed by atoms with Crippen molar-refractivity contribution in [1.82, 2.24) is 0 Å². The monoisotopic (exact) mass is 202 g/mol. The quantitative estimate of drug-likeness (QED) is 0.655. The fourth-order valence-electron chi connectivity index (χ4n) is 2.18. The SMILES string of the molecule is CC1C(=O)CC(=O)CC1c1ccccc1. The minimum absolute atomic E-state index is 0.0231. The van der Waals surface area contributed by atoms with Crippen molar-refractivity contribution in [3.8, 4) is 0 Å². The molecule has 0 radical (unpaired) electrons. The van der Waals surface area contributed by atoms with Crippen molar-refractivity contribution in [2.24, 2.45) is 5.92 Å². The van der Waals surface area contributed by atoms with Gasteiger partial charge in [-0.3, -0.25) is 9.59 Å². The van der Waals surface area contributed by atoms with Crippen LogP contribution in [0.5, 0.6) is 0 Å². The van der Waals surface area contributed by atoms with E-state index in [0.29, 0.717) is 6.42 Å². The Hall–Kier alpha value is -1.44. The van der Waals surface area contributed by atoms with Crippen LogP contribution in [0.15, 0.2) is 30.3 Å². The molecule has 2 unspecified atom stereocenters. The summed E-state index contributed by atoms with van der Waals surface area (Å²) in [6.45, 7) is 1.92. The van der Waals surface area contributed by atoms with Gasteiger partial charge in [-0.1, -0.05) is 37.3 Å². The highest BCUT2D eigenvalue weighted by atomic mass is 16.1. The molecule has 0 N–H and O–H groups in total. The fourth-order valence-corrected chi connectivity index (χ4v) is 2.18. The molecule has 0 bridgehead atoms. The van der Waals surface area contributed by atoms with Crippen LogP contribution in [-0.2, 0) is 9.59 Å². The first-order valence-corrected chi connectivity index (χ1v) is 5.28. The van der Waals surface area contributed by atoms with Crippen LogP contribution < -0.4 is 0 Å². The lowest BCUT2D eigenvalue weighted by Gasteiger charge is -2.27. The van der Waals surface area contributed by atoms with E-state index >= 15 is 0 Å². The fraction of sp³-hybridized carbons (Fsp3) is 0.385. The zero-order valence-electron chi connectivity index (χ0n) is 8.77. The highest BCUT2D eigenvalue weighted by Gasteiger charge is 2.33. The summed E-state index contributed by atoms with van der Waals surface area (Å²) in [6.07, 6.45) is 0.640. The number of benzene rings is 1. The first-order valence-electron chi connectivity index (χ1n) is 5.28. The van der Waals surface area contributed by atoms with E-state index in [1.54, 1.807) is 0 Å². The molecule has 2 atom stereocenters. The van der Waals surface area contributed by atoms with Crippen molar-refractivity contribution >= 4 is 11.6 Å². The largest absolute Gasteiger partial charge is 0.299 e. The highest BCUT2D eigenvalue weighted by Crippen LogP contribution is 2.33. The maximum absolute atomic E-state index is 11.6. The smallest absolute Gasteiger partial charge is 0.143 e. The zero-order chi connectivity index (χ0) is 10.8. The Morgan fingerprint density at radius 2 is 1.80 bits per heavy atom. The summed E-state index contributed by atoms with van der Waals surface area (Å²) in [7, 11) is 0. The molecule has 1 aromatic carbocycles. The van der Waals surface area contributed by atoms with Gasteiger partial charge in [-0.25, -0.2) is 0 Å². The Labute approximate surface area is 89.3 Å². The van der Waals surface area contributed by atoms with Crippen molar-refractivity contribution in [3.63, 3.8) is 0 Å². The Morgan fingerprint density at radius 3 is 2.47 bits per heavy atom. The van der Waals surface area contributed by atoms with Crippen LogP contribution in [0.4, 0.5) is 0 Å². The normalized spacial score (nSPS) is 26.7. The number of Topliss-reactive ketones (excluding diaryl/α,β-unsaturated/α-hetero) is 2. The predicted molar refractivity (Wildman–Crippen MR) is 57.6 cm³/mol. The van der Waals surface area contributed by atoms with Crippen LogP contribution in [0.2, 0.25) is 0 Å². The van der Waals surface area contributed by atoms with Crippen LogP contribution >= 0.6 is 0 Å².